The summed E-state index contributed by atoms with van der Waals surface area (Å²) >= 11 is 0. The van der Waals surface area contributed by atoms with E-state index in [1.54, 1.807) is 12.1 Å². The lowest BCUT2D eigenvalue weighted by Gasteiger charge is -2.31. The molecule has 3 heterocycles. The third-order valence-electron chi connectivity index (χ3n) is 4.72. The Labute approximate surface area is 147 Å². The molecule has 0 unspecified atom stereocenters. The van der Waals surface area contributed by atoms with Gasteiger partial charge in [0.05, 0.1) is 17.8 Å². The molecule has 0 bridgehead atoms. The number of aromatic carboxylic acids is 1. The Hall–Kier alpha value is -2.41. The minimum absolute atomic E-state index is 0.205. The van der Waals surface area contributed by atoms with Crippen molar-refractivity contribution in [2.24, 2.45) is 5.92 Å². The van der Waals surface area contributed by atoms with Gasteiger partial charge in [-0.15, -0.1) is 0 Å². The molecule has 0 aliphatic carbocycles. The van der Waals surface area contributed by atoms with Crippen molar-refractivity contribution >= 4 is 11.8 Å². The molecule has 0 saturated carbocycles. The number of anilines is 1. The van der Waals surface area contributed by atoms with Gasteiger partial charge in [-0.3, -0.25) is 4.90 Å². The van der Waals surface area contributed by atoms with Gasteiger partial charge in [0, 0.05) is 12.7 Å². The van der Waals surface area contributed by atoms with E-state index in [1.165, 1.54) is 6.20 Å². The maximum Gasteiger partial charge on any atom is 0.337 e. The number of piperidine rings is 1. The molecule has 7 nitrogen and oxygen atoms in total. The summed E-state index contributed by atoms with van der Waals surface area (Å²) in [5.41, 5.74) is 1.17. The second kappa shape index (κ2) is 7.65. The van der Waals surface area contributed by atoms with Crippen molar-refractivity contribution in [3.63, 3.8) is 0 Å². The van der Waals surface area contributed by atoms with Gasteiger partial charge in [-0.1, -0.05) is 0 Å². The monoisotopic (exact) mass is 344 g/mol. The van der Waals surface area contributed by atoms with E-state index < -0.39 is 5.97 Å². The van der Waals surface area contributed by atoms with E-state index in [0.29, 0.717) is 5.92 Å². The molecule has 0 radical (unpaired) electrons. The quantitative estimate of drug-likeness (QED) is 0.832. The molecule has 0 aromatic carbocycles. The van der Waals surface area contributed by atoms with Crippen LogP contribution < -0.4 is 5.32 Å². The Morgan fingerprint density at radius 2 is 2.12 bits per heavy atom. The van der Waals surface area contributed by atoms with Crippen LogP contribution in [0.2, 0.25) is 0 Å². The number of aryl methyl sites for hydroxylation is 2. The lowest BCUT2D eigenvalue weighted by atomic mass is 9.97. The molecule has 25 heavy (non-hydrogen) atoms. The maximum atomic E-state index is 10.8. The molecule has 3 rings (SSSR count). The van der Waals surface area contributed by atoms with Crippen LogP contribution in [0.1, 0.15) is 40.5 Å². The minimum atomic E-state index is -0.956. The fourth-order valence-corrected chi connectivity index (χ4v) is 3.02. The summed E-state index contributed by atoms with van der Waals surface area (Å²) in [6, 6.07) is 3.28. The van der Waals surface area contributed by atoms with Crippen LogP contribution in [0.4, 0.5) is 5.82 Å². The SMILES string of the molecule is Cc1nc(CN2CCC(CNc3ccc(C(=O)O)cn3)CC2)oc1C. The highest BCUT2D eigenvalue weighted by Gasteiger charge is 2.21. The molecule has 2 aromatic rings. The first-order chi connectivity index (χ1) is 12.0. The van der Waals surface area contributed by atoms with Gasteiger partial charge in [-0.25, -0.2) is 14.8 Å². The molecule has 134 valence electrons. The Bertz CT molecular complexity index is 699. The van der Waals surface area contributed by atoms with Gasteiger partial charge >= 0.3 is 5.97 Å². The number of carbonyl (C=O) groups is 1. The summed E-state index contributed by atoms with van der Waals surface area (Å²) < 4.78 is 5.66. The highest BCUT2D eigenvalue weighted by Crippen LogP contribution is 2.20. The molecule has 7 heteroatoms. The number of hydrogen-bond donors (Lipinski definition) is 2. The van der Waals surface area contributed by atoms with Gasteiger partial charge in [0.1, 0.15) is 11.6 Å². The number of carboxylic acids is 1. The average molecular weight is 344 g/mol. The molecule has 1 aliphatic rings. The van der Waals surface area contributed by atoms with Gasteiger partial charge in [-0.2, -0.15) is 0 Å². The number of carboxylic acid groups (broad SMARTS) is 1. The predicted molar refractivity (Wildman–Crippen MR) is 93.7 cm³/mol. The second-order valence-electron chi connectivity index (χ2n) is 6.59. The lowest BCUT2D eigenvalue weighted by Crippen LogP contribution is -2.35. The summed E-state index contributed by atoms with van der Waals surface area (Å²) in [6.07, 6.45) is 3.60. The first kappa shape index (κ1) is 17.4. The predicted octanol–water partition coefficient (Wildman–Crippen LogP) is 2.71. The van der Waals surface area contributed by atoms with E-state index in [4.69, 9.17) is 9.52 Å². The Morgan fingerprint density at radius 3 is 2.68 bits per heavy atom. The number of nitrogens with one attached hydrogen (secondary N) is 1. The lowest BCUT2D eigenvalue weighted by molar-refractivity contribution is 0.0696. The Morgan fingerprint density at radius 1 is 1.36 bits per heavy atom. The average Bonchev–Trinajstić information content (AvgIpc) is 2.92. The van der Waals surface area contributed by atoms with Gasteiger partial charge in [0.15, 0.2) is 0 Å². The molecule has 2 aromatic heterocycles. The maximum absolute atomic E-state index is 10.8. The molecular weight excluding hydrogens is 320 g/mol. The number of likely N-dealkylation sites (tertiary alicyclic amines) is 1. The first-order valence-corrected chi connectivity index (χ1v) is 8.59. The molecule has 1 fully saturated rings. The highest BCUT2D eigenvalue weighted by atomic mass is 16.4. The second-order valence-corrected chi connectivity index (χ2v) is 6.59. The fourth-order valence-electron chi connectivity index (χ4n) is 3.02. The zero-order valence-corrected chi connectivity index (χ0v) is 14.7. The normalized spacial score (nSPS) is 16.1. The summed E-state index contributed by atoms with van der Waals surface area (Å²) in [4.78, 5) is 21.8. The number of rotatable bonds is 6. The number of nitrogens with zero attached hydrogens (tertiary/aromatic N) is 3. The van der Waals surface area contributed by atoms with Crippen LogP contribution in [0, 0.1) is 19.8 Å². The minimum Gasteiger partial charge on any atom is -0.478 e. The van der Waals surface area contributed by atoms with Gasteiger partial charge in [-0.05, 0) is 57.8 Å². The Kier molecular flexibility index (Phi) is 5.33. The summed E-state index contributed by atoms with van der Waals surface area (Å²) in [5, 5.41) is 12.2. The van der Waals surface area contributed by atoms with E-state index in [9.17, 15) is 4.79 Å². The standard InChI is InChI=1S/C18H24N4O3/c1-12-13(2)25-17(21-12)11-22-7-5-14(6-8-22)9-19-16-4-3-15(10-20-16)18(23)24/h3-4,10,14H,5-9,11H2,1-2H3,(H,19,20)(H,23,24). The highest BCUT2D eigenvalue weighted by molar-refractivity contribution is 5.87. The third kappa shape index (κ3) is 4.57. The van der Waals surface area contributed by atoms with E-state index in [-0.39, 0.29) is 5.56 Å². The summed E-state index contributed by atoms with van der Waals surface area (Å²) in [5.74, 6) is 2.05. The van der Waals surface area contributed by atoms with Crippen molar-refractivity contribution in [1.29, 1.82) is 0 Å². The molecule has 1 saturated heterocycles. The van der Waals surface area contributed by atoms with Crippen molar-refractivity contribution in [3.05, 3.63) is 41.2 Å². The topological polar surface area (TPSA) is 91.5 Å². The van der Waals surface area contributed by atoms with E-state index in [0.717, 1.165) is 62.2 Å². The van der Waals surface area contributed by atoms with Crippen molar-refractivity contribution in [2.45, 2.75) is 33.2 Å². The zero-order valence-electron chi connectivity index (χ0n) is 14.7. The van der Waals surface area contributed by atoms with Crippen LogP contribution in [0.3, 0.4) is 0 Å². The number of aromatic nitrogens is 2. The van der Waals surface area contributed by atoms with Crippen LogP contribution in [0.15, 0.2) is 22.7 Å². The van der Waals surface area contributed by atoms with Crippen LogP contribution in [-0.2, 0) is 6.54 Å². The zero-order chi connectivity index (χ0) is 17.8. The number of hydrogen-bond acceptors (Lipinski definition) is 6. The third-order valence-corrected chi connectivity index (χ3v) is 4.72. The molecule has 0 amide bonds. The van der Waals surface area contributed by atoms with Gasteiger partial charge in [0.25, 0.3) is 0 Å². The number of pyridine rings is 1. The smallest absolute Gasteiger partial charge is 0.337 e. The largest absolute Gasteiger partial charge is 0.478 e. The molecule has 0 atom stereocenters. The number of oxazole rings is 1. The van der Waals surface area contributed by atoms with Gasteiger partial charge < -0.3 is 14.8 Å². The summed E-state index contributed by atoms with van der Waals surface area (Å²) in [7, 11) is 0. The van der Waals surface area contributed by atoms with E-state index in [1.807, 2.05) is 13.8 Å². The van der Waals surface area contributed by atoms with Crippen LogP contribution in [-0.4, -0.2) is 45.6 Å². The van der Waals surface area contributed by atoms with Crippen LogP contribution in [0.5, 0.6) is 0 Å². The Balaban J connectivity index is 1.42. The molecule has 2 N–H and O–H groups in total. The van der Waals surface area contributed by atoms with Crippen LogP contribution >= 0.6 is 0 Å². The van der Waals surface area contributed by atoms with E-state index in [2.05, 4.69) is 20.2 Å². The molecule has 0 spiro atoms. The first-order valence-electron chi connectivity index (χ1n) is 8.59. The summed E-state index contributed by atoms with van der Waals surface area (Å²) in [6.45, 7) is 7.59. The molecule has 1 aliphatic heterocycles. The van der Waals surface area contributed by atoms with Crippen molar-refractivity contribution in [1.82, 2.24) is 14.9 Å². The van der Waals surface area contributed by atoms with Crippen molar-refractivity contribution in [2.75, 3.05) is 25.0 Å². The van der Waals surface area contributed by atoms with E-state index >= 15 is 0 Å². The van der Waals surface area contributed by atoms with Gasteiger partial charge in [0.2, 0.25) is 5.89 Å². The van der Waals surface area contributed by atoms with Crippen LogP contribution in [0.25, 0.3) is 0 Å². The van der Waals surface area contributed by atoms with Crippen molar-refractivity contribution in [3.8, 4) is 0 Å². The van der Waals surface area contributed by atoms with Crippen molar-refractivity contribution < 1.29 is 14.3 Å². The molecular formula is C18H24N4O3. The fraction of sp³-hybridized carbons (Fsp3) is 0.500.